The first-order valence-electron chi connectivity index (χ1n) is 10.5. The predicted molar refractivity (Wildman–Crippen MR) is 123 cm³/mol. The van der Waals surface area contributed by atoms with E-state index in [0.29, 0.717) is 18.0 Å². The molecule has 0 saturated heterocycles. The van der Waals surface area contributed by atoms with Crippen LogP contribution in [0, 0.1) is 0 Å². The third-order valence-electron chi connectivity index (χ3n) is 5.54. The first-order chi connectivity index (χ1) is 14.7. The van der Waals surface area contributed by atoms with Gasteiger partial charge in [0.25, 0.3) is 5.91 Å². The van der Waals surface area contributed by atoms with Crippen molar-refractivity contribution in [1.29, 1.82) is 0 Å². The van der Waals surface area contributed by atoms with Gasteiger partial charge in [-0.1, -0.05) is 24.3 Å². The quantitative estimate of drug-likeness (QED) is 0.600. The van der Waals surface area contributed by atoms with Gasteiger partial charge in [-0.25, -0.2) is 8.42 Å². The SMILES string of the molecule is CC(Oc1ccc(N(C)S(C)(=O)=O)cc1)C(=O)NCCCN1CCc2ccccc2C1. The zero-order chi connectivity index (χ0) is 22.4. The van der Waals surface area contributed by atoms with Gasteiger partial charge in [0, 0.05) is 33.2 Å². The number of nitrogens with one attached hydrogen (secondary N) is 1. The Hall–Kier alpha value is -2.58. The second-order valence-corrected chi connectivity index (χ2v) is 9.94. The smallest absolute Gasteiger partial charge is 0.260 e. The van der Waals surface area contributed by atoms with E-state index in [1.54, 1.807) is 31.2 Å². The molecular weight excluding hydrogens is 414 g/mol. The first-order valence-corrected chi connectivity index (χ1v) is 12.4. The number of carbonyl (C=O) groups excluding carboxylic acids is 1. The molecule has 1 atom stereocenters. The zero-order valence-electron chi connectivity index (χ0n) is 18.4. The van der Waals surface area contributed by atoms with E-state index in [9.17, 15) is 13.2 Å². The number of ether oxygens (including phenoxy) is 1. The number of hydrogen-bond acceptors (Lipinski definition) is 5. The summed E-state index contributed by atoms with van der Waals surface area (Å²) < 4.78 is 30.1. The number of amides is 1. The molecule has 3 rings (SSSR count). The van der Waals surface area contributed by atoms with Crippen molar-refractivity contribution in [2.24, 2.45) is 0 Å². The fourth-order valence-corrected chi connectivity index (χ4v) is 4.09. The van der Waals surface area contributed by atoms with Crippen molar-refractivity contribution in [1.82, 2.24) is 10.2 Å². The number of sulfonamides is 1. The Balaban J connectivity index is 1.39. The van der Waals surface area contributed by atoms with Crippen molar-refractivity contribution in [3.05, 3.63) is 59.7 Å². The highest BCUT2D eigenvalue weighted by Crippen LogP contribution is 2.21. The molecule has 168 valence electrons. The van der Waals surface area contributed by atoms with Gasteiger partial charge < -0.3 is 10.1 Å². The molecule has 0 spiro atoms. The molecule has 2 aromatic rings. The van der Waals surface area contributed by atoms with Gasteiger partial charge in [0.15, 0.2) is 6.10 Å². The number of fused-ring (bicyclic) bond motifs is 1. The van der Waals surface area contributed by atoms with Crippen LogP contribution in [0.25, 0.3) is 0 Å². The minimum absolute atomic E-state index is 0.165. The van der Waals surface area contributed by atoms with E-state index < -0.39 is 16.1 Å². The summed E-state index contributed by atoms with van der Waals surface area (Å²) in [5.74, 6) is 0.349. The lowest BCUT2D eigenvalue weighted by molar-refractivity contribution is -0.127. The number of benzene rings is 2. The van der Waals surface area contributed by atoms with Crippen molar-refractivity contribution >= 4 is 21.6 Å². The maximum atomic E-state index is 12.3. The second-order valence-electron chi connectivity index (χ2n) is 7.92. The number of nitrogens with zero attached hydrogens (tertiary/aromatic N) is 2. The van der Waals surface area contributed by atoms with Gasteiger partial charge in [0.05, 0.1) is 11.9 Å². The lowest BCUT2D eigenvalue weighted by Crippen LogP contribution is -2.38. The van der Waals surface area contributed by atoms with E-state index in [4.69, 9.17) is 4.74 Å². The van der Waals surface area contributed by atoms with Crippen LogP contribution >= 0.6 is 0 Å². The number of hydrogen-bond donors (Lipinski definition) is 1. The van der Waals surface area contributed by atoms with E-state index in [0.717, 1.165) is 38.7 Å². The highest BCUT2D eigenvalue weighted by molar-refractivity contribution is 7.92. The predicted octanol–water partition coefficient (Wildman–Crippen LogP) is 2.41. The van der Waals surface area contributed by atoms with Crippen LogP contribution in [0.15, 0.2) is 48.5 Å². The molecule has 1 N–H and O–H groups in total. The third kappa shape index (κ3) is 6.45. The summed E-state index contributed by atoms with van der Waals surface area (Å²) in [4.78, 5) is 14.8. The highest BCUT2D eigenvalue weighted by atomic mass is 32.2. The van der Waals surface area contributed by atoms with Crippen molar-refractivity contribution in [3.63, 3.8) is 0 Å². The lowest BCUT2D eigenvalue weighted by Gasteiger charge is -2.28. The second kappa shape index (κ2) is 10.2. The largest absolute Gasteiger partial charge is 0.481 e. The summed E-state index contributed by atoms with van der Waals surface area (Å²) in [5, 5.41) is 2.93. The molecule has 0 aromatic heterocycles. The molecule has 2 aromatic carbocycles. The van der Waals surface area contributed by atoms with E-state index in [2.05, 4.69) is 34.5 Å². The van der Waals surface area contributed by atoms with Gasteiger partial charge in [0.2, 0.25) is 10.0 Å². The summed E-state index contributed by atoms with van der Waals surface area (Å²) in [7, 11) is -1.83. The Kier molecular flexibility index (Phi) is 7.56. The number of rotatable bonds is 9. The minimum atomic E-state index is -3.32. The Morgan fingerprint density at radius 2 is 1.84 bits per heavy atom. The Morgan fingerprint density at radius 3 is 2.52 bits per heavy atom. The molecule has 1 amide bonds. The van der Waals surface area contributed by atoms with Crippen LogP contribution in [-0.4, -0.2) is 58.3 Å². The molecule has 0 radical (unpaired) electrons. The van der Waals surface area contributed by atoms with Crippen LogP contribution in [0.4, 0.5) is 5.69 Å². The molecule has 1 aliphatic heterocycles. The first kappa shape index (κ1) is 23.1. The molecule has 8 heteroatoms. The minimum Gasteiger partial charge on any atom is -0.481 e. The van der Waals surface area contributed by atoms with Crippen LogP contribution in [-0.2, 0) is 27.8 Å². The zero-order valence-corrected chi connectivity index (χ0v) is 19.2. The number of anilines is 1. The fraction of sp³-hybridized carbons (Fsp3) is 0.435. The maximum absolute atomic E-state index is 12.3. The van der Waals surface area contributed by atoms with E-state index in [-0.39, 0.29) is 5.91 Å². The summed E-state index contributed by atoms with van der Waals surface area (Å²) in [6, 6.07) is 15.2. The van der Waals surface area contributed by atoms with Gasteiger partial charge >= 0.3 is 0 Å². The molecule has 0 fully saturated rings. The van der Waals surface area contributed by atoms with Crippen LogP contribution in [0.5, 0.6) is 5.75 Å². The monoisotopic (exact) mass is 445 g/mol. The van der Waals surface area contributed by atoms with Crippen molar-refractivity contribution in [2.45, 2.75) is 32.4 Å². The maximum Gasteiger partial charge on any atom is 0.260 e. The van der Waals surface area contributed by atoms with Crippen LogP contribution in [0.1, 0.15) is 24.5 Å². The number of carbonyl (C=O) groups is 1. The van der Waals surface area contributed by atoms with Gasteiger partial charge in [0.1, 0.15) is 5.75 Å². The molecule has 31 heavy (non-hydrogen) atoms. The average molecular weight is 446 g/mol. The Labute approximate surface area is 185 Å². The van der Waals surface area contributed by atoms with E-state index in [1.807, 2.05) is 0 Å². The molecular formula is C23H31N3O4S. The van der Waals surface area contributed by atoms with E-state index in [1.165, 1.54) is 22.5 Å². The third-order valence-corrected chi connectivity index (χ3v) is 6.75. The summed E-state index contributed by atoms with van der Waals surface area (Å²) in [6.07, 6.45) is 2.47. The van der Waals surface area contributed by atoms with Crippen molar-refractivity contribution in [2.75, 3.05) is 37.2 Å². The highest BCUT2D eigenvalue weighted by Gasteiger charge is 2.17. The Morgan fingerprint density at radius 1 is 1.16 bits per heavy atom. The molecule has 0 saturated carbocycles. The van der Waals surface area contributed by atoms with Crippen LogP contribution in [0.3, 0.4) is 0 Å². The fourth-order valence-electron chi connectivity index (χ4n) is 3.59. The van der Waals surface area contributed by atoms with Gasteiger partial charge in [-0.15, -0.1) is 0 Å². The van der Waals surface area contributed by atoms with Gasteiger partial charge in [-0.3, -0.25) is 14.0 Å². The van der Waals surface area contributed by atoms with Gasteiger partial charge in [-0.2, -0.15) is 0 Å². The van der Waals surface area contributed by atoms with Crippen LogP contribution < -0.4 is 14.4 Å². The summed E-state index contributed by atoms with van der Waals surface area (Å²) in [5.41, 5.74) is 3.37. The summed E-state index contributed by atoms with van der Waals surface area (Å²) >= 11 is 0. The Bertz CT molecular complexity index is 992. The normalized spacial score (nSPS) is 15.1. The van der Waals surface area contributed by atoms with Crippen molar-refractivity contribution in [3.8, 4) is 5.75 Å². The molecule has 7 nitrogen and oxygen atoms in total. The molecule has 0 bridgehead atoms. The van der Waals surface area contributed by atoms with Crippen molar-refractivity contribution < 1.29 is 17.9 Å². The van der Waals surface area contributed by atoms with Crippen LogP contribution in [0.2, 0.25) is 0 Å². The average Bonchev–Trinajstić information content (AvgIpc) is 2.75. The molecule has 1 heterocycles. The standard InChI is InChI=1S/C23H31N3O4S/c1-18(30-22-11-9-21(10-12-22)25(2)31(3,28)29)23(27)24-14-6-15-26-16-13-19-7-4-5-8-20(19)17-26/h4-5,7-12,18H,6,13-17H2,1-3H3,(H,24,27). The van der Waals surface area contributed by atoms with Gasteiger partial charge in [-0.05, 0) is 55.2 Å². The molecule has 1 unspecified atom stereocenters. The lowest BCUT2D eigenvalue weighted by atomic mass is 10.00. The molecule has 1 aliphatic rings. The van der Waals surface area contributed by atoms with E-state index >= 15 is 0 Å². The topological polar surface area (TPSA) is 78.9 Å². The summed E-state index contributed by atoms with van der Waals surface area (Å²) in [6.45, 7) is 5.26. The molecule has 0 aliphatic carbocycles.